The van der Waals surface area contributed by atoms with Crippen molar-refractivity contribution in [2.24, 2.45) is 0 Å². The molecule has 0 nitrogen and oxygen atoms in total. The second kappa shape index (κ2) is 5.92. The molecule has 0 unspecified atom stereocenters. The summed E-state index contributed by atoms with van der Waals surface area (Å²) < 4.78 is 0. The lowest BCUT2D eigenvalue weighted by molar-refractivity contribution is 0.972. The van der Waals surface area contributed by atoms with Crippen LogP contribution in [-0.4, -0.2) is 0 Å². The molecule has 0 heterocycles. The maximum atomic E-state index is 2.31. The van der Waals surface area contributed by atoms with Crippen molar-refractivity contribution in [3.05, 3.63) is 89.1 Å². The van der Waals surface area contributed by atoms with Crippen LogP contribution in [0.15, 0.2) is 83.5 Å². The number of benzene rings is 1. The summed E-state index contributed by atoms with van der Waals surface area (Å²) in [5.74, 6) is 0. The van der Waals surface area contributed by atoms with Crippen molar-refractivity contribution in [1.82, 2.24) is 0 Å². The monoisotopic (exact) mass is 260 g/mol. The summed E-state index contributed by atoms with van der Waals surface area (Å²) in [5.41, 5.74) is 7.20. The van der Waals surface area contributed by atoms with Gasteiger partial charge in [-0.3, -0.25) is 0 Å². The topological polar surface area (TPSA) is 0 Å². The quantitative estimate of drug-likeness (QED) is 0.647. The Bertz CT molecular complexity index is 634. The van der Waals surface area contributed by atoms with Crippen LogP contribution in [0.4, 0.5) is 0 Å². The van der Waals surface area contributed by atoms with Crippen molar-refractivity contribution < 1.29 is 0 Å². The summed E-state index contributed by atoms with van der Waals surface area (Å²) in [6.45, 7) is 2.26. The first-order chi connectivity index (χ1) is 9.84. The van der Waals surface area contributed by atoms with Crippen LogP contribution >= 0.6 is 0 Å². The van der Waals surface area contributed by atoms with Gasteiger partial charge >= 0.3 is 0 Å². The smallest absolute Gasteiger partial charge is 0.00916 e. The molecule has 0 atom stereocenters. The molecular formula is C20H20. The molecule has 3 rings (SSSR count). The zero-order valence-electron chi connectivity index (χ0n) is 12.0. The largest absolute Gasteiger partial charge is 0.0801 e. The van der Waals surface area contributed by atoms with Crippen molar-refractivity contribution in [3.63, 3.8) is 0 Å². The first-order valence-corrected chi connectivity index (χ1v) is 7.33. The molecule has 0 heteroatoms. The predicted molar refractivity (Wildman–Crippen MR) is 87.3 cm³/mol. The zero-order chi connectivity index (χ0) is 13.8. The lowest BCUT2D eigenvalue weighted by atomic mass is 9.87. The van der Waals surface area contributed by atoms with Gasteiger partial charge in [-0.25, -0.2) is 0 Å². The Morgan fingerprint density at radius 3 is 2.45 bits per heavy atom. The minimum absolute atomic E-state index is 1.06. The molecule has 2 aliphatic rings. The minimum atomic E-state index is 1.06. The van der Waals surface area contributed by atoms with E-state index in [1.54, 1.807) is 0 Å². The number of rotatable bonds is 2. The van der Waals surface area contributed by atoms with E-state index in [1.807, 2.05) is 0 Å². The van der Waals surface area contributed by atoms with Crippen LogP contribution in [0, 0.1) is 0 Å². The van der Waals surface area contributed by atoms with Gasteiger partial charge in [-0.15, -0.1) is 0 Å². The molecular weight excluding hydrogens is 240 g/mol. The van der Waals surface area contributed by atoms with Gasteiger partial charge in [0, 0.05) is 0 Å². The van der Waals surface area contributed by atoms with E-state index in [0.29, 0.717) is 0 Å². The van der Waals surface area contributed by atoms with Crippen LogP contribution < -0.4 is 0 Å². The number of hydrogen-bond donors (Lipinski definition) is 0. The second-order valence-electron chi connectivity index (χ2n) is 5.39. The van der Waals surface area contributed by atoms with E-state index in [9.17, 15) is 0 Å². The van der Waals surface area contributed by atoms with E-state index in [0.717, 1.165) is 19.3 Å². The molecule has 100 valence electrons. The summed E-state index contributed by atoms with van der Waals surface area (Å²) in [6.07, 6.45) is 16.7. The maximum Gasteiger partial charge on any atom is -0.00916 e. The van der Waals surface area contributed by atoms with Crippen LogP contribution in [-0.2, 0) is 0 Å². The molecule has 0 amide bonds. The van der Waals surface area contributed by atoms with Gasteiger partial charge in [0.25, 0.3) is 0 Å². The Balaban J connectivity index is 1.85. The third kappa shape index (κ3) is 2.75. The van der Waals surface area contributed by atoms with E-state index < -0.39 is 0 Å². The molecule has 20 heavy (non-hydrogen) atoms. The van der Waals surface area contributed by atoms with Crippen molar-refractivity contribution in [2.45, 2.75) is 26.2 Å². The average Bonchev–Trinajstić information content (AvgIpc) is 2.56. The van der Waals surface area contributed by atoms with Gasteiger partial charge < -0.3 is 0 Å². The van der Waals surface area contributed by atoms with E-state index in [2.05, 4.69) is 73.7 Å². The summed E-state index contributed by atoms with van der Waals surface area (Å²) in [4.78, 5) is 0. The second-order valence-corrected chi connectivity index (χ2v) is 5.39. The predicted octanol–water partition coefficient (Wildman–Crippen LogP) is 5.62. The molecule has 1 aromatic carbocycles. The van der Waals surface area contributed by atoms with E-state index >= 15 is 0 Å². The Morgan fingerprint density at radius 1 is 0.950 bits per heavy atom. The van der Waals surface area contributed by atoms with Gasteiger partial charge in [-0.2, -0.15) is 0 Å². The lowest BCUT2D eigenvalue weighted by Crippen LogP contribution is -1.98. The van der Waals surface area contributed by atoms with Gasteiger partial charge in [-0.1, -0.05) is 66.8 Å². The van der Waals surface area contributed by atoms with Crippen LogP contribution in [0.1, 0.15) is 31.7 Å². The van der Waals surface area contributed by atoms with Crippen molar-refractivity contribution in [3.8, 4) is 0 Å². The van der Waals surface area contributed by atoms with Crippen molar-refractivity contribution in [2.75, 3.05) is 0 Å². The van der Waals surface area contributed by atoms with Crippen LogP contribution in [0.5, 0.6) is 0 Å². The number of allylic oxidation sites excluding steroid dienone is 10. The highest BCUT2D eigenvalue weighted by Crippen LogP contribution is 2.32. The van der Waals surface area contributed by atoms with E-state index in [-0.39, 0.29) is 0 Å². The third-order valence-electron chi connectivity index (χ3n) is 4.14. The van der Waals surface area contributed by atoms with Gasteiger partial charge in [0.1, 0.15) is 0 Å². The van der Waals surface area contributed by atoms with Crippen molar-refractivity contribution >= 4 is 5.57 Å². The van der Waals surface area contributed by atoms with Gasteiger partial charge in [0.05, 0.1) is 0 Å². The highest BCUT2D eigenvalue weighted by atomic mass is 14.2. The van der Waals surface area contributed by atoms with E-state index in [4.69, 9.17) is 0 Å². The Labute approximate surface area is 121 Å². The zero-order valence-corrected chi connectivity index (χ0v) is 12.0. The molecule has 0 fully saturated rings. The molecule has 2 aliphatic carbocycles. The molecule has 0 saturated carbocycles. The van der Waals surface area contributed by atoms with Gasteiger partial charge in [0.15, 0.2) is 0 Å². The summed E-state index contributed by atoms with van der Waals surface area (Å²) in [7, 11) is 0. The Hall–Kier alpha value is -2.08. The summed E-state index contributed by atoms with van der Waals surface area (Å²) in [6, 6.07) is 10.7. The number of hydrogen-bond acceptors (Lipinski definition) is 0. The average molecular weight is 260 g/mol. The summed E-state index contributed by atoms with van der Waals surface area (Å²) in [5, 5.41) is 0. The third-order valence-corrected chi connectivity index (χ3v) is 4.14. The Morgan fingerprint density at radius 2 is 1.80 bits per heavy atom. The lowest BCUT2D eigenvalue weighted by Gasteiger charge is -2.18. The first-order valence-electron chi connectivity index (χ1n) is 7.33. The van der Waals surface area contributed by atoms with Gasteiger partial charge in [-0.05, 0) is 54.0 Å². The highest BCUT2D eigenvalue weighted by molar-refractivity contribution is 5.69. The summed E-state index contributed by atoms with van der Waals surface area (Å²) >= 11 is 0. The highest BCUT2D eigenvalue weighted by Gasteiger charge is 2.11. The first kappa shape index (κ1) is 12.9. The standard InChI is InChI=1S/C20H20/c1-16(17-8-4-2-5-9-17)18-12-14-20(15-13-18)19-10-6-3-7-11-19/h2-8,10-12,14H,9,13,15H2,1H3/b17-16+. The van der Waals surface area contributed by atoms with Crippen LogP contribution in [0.3, 0.4) is 0 Å². The molecule has 0 spiro atoms. The Kier molecular flexibility index (Phi) is 3.83. The fourth-order valence-corrected chi connectivity index (χ4v) is 2.84. The molecule has 1 aromatic rings. The SMILES string of the molecule is C/C(C1=CC=C(c2ccccc2)CC1)=C1/C=CC=CC1. The molecule has 0 bridgehead atoms. The minimum Gasteiger partial charge on any atom is -0.0801 e. The molecule has 0 saturated heterocycles. The van der Waals surface area contributed by atoms with Crippen LogP contribution in [0.25, 0.3) is 5.57 Å². The van der Waals surface area contributed by atoms with Crippen molar-refractivity contribution in [1.29, 1.82) is 0 Å². The molecule has 0 radical (unpaired) electrons. The molecule has 0 N–H and O–H groups in total. The molecule has 0 aromatic heterocycles. The van der Waals surface area contributed by atoms with E-state index in [1.165, 1.54) is 27.9 Å². The van der Waals surface area contributed by atoms with Crippen LogP contribution in [0.2, 0.25) is 0 Å². The molecule has 0 aliphatic heterocycles. The van der Waals surface area contributed by atoms with Gasteiger partial charge in [0.2, 0.25) is 0 Å². The fraction of sp³-hybridized carbons (Fsp3) is 0.200. The maximum absolute atomic E-state index is 2.31. The normalized spacial score (nSPS) is 20.4. The fourth-order valence-electron chi connectivity index (χ4n) is 2.84.